The van der Waals surface area contributed by atoms with Gasteiger partial charge in [0.25, 0.3) is 0 Å². The minimum absolute atomic E-state index is 0.203. The molecule has 0 N–H and O–H groups in total. The molecule has 0 fully saturated rings. The first-order valence-corrected chi connectivity index (χ1v) is 4.80. The highest BCUT2D eigenvalue weighted by Crippen LogP contribution is 2.21. The summed E-state index contributed by atoms with van der Waals surface area (Å²) in [5, 5.41) is 0. The van der Waals surface area contributed by atoms with Gasteiger partial charge in [0, 0.05) is 11.8 Å². The van der Waals surface area contributed by atoms with Gasteiger partial charge in [-0.2, -0.15) is 13.2 Å². The molecule has 1 amide bonds. The van der Waals surface area contributed by atoms with Gasteiger partial charge in [-0.25, -0.2) is 4.42 Å². The molecule has 0 saturated heterocycles. The number of ketones is 1. The zero-order valence-electron chi connectivity index (χ0n) is 8.37. The van der Waals surface area contributed by atoms with Gasteiger partial charge in [0.15, 0.2) is 0 Å². The summed E-state index contributed by atoms with van der Waals surface area (Å²) < 4.78 is 36.2. The lowest BCUT2D eigenvalue weighted by molar-refractivity contribution is -0.171. The quantitative estimate of drug-likeness (QED) is 0.622. The van der Waals surface area contributed by atoms with Crippen LogP contribution in [0.2, 0.25) is 0 Å². The molecule has 0 saturated carbocycles. The van der Waals surface area contributed by atoms with Crippen molar-refractivity contribution in [1.82, 2.24) is 0 Å². The average molecular weight is 266 g/mol. The number of anilines is 1. The Morgan fingerprint density at radius 2 is 1.71 bits per heavy atom. The highest BCUT2D eigenvalue weighted by Gasteiger charge is 2.40. The van der Waals surface area contributed by atoms with E-state index >= 15 is 0 Å². The molecule has 0 aliphatic rings. The van der Waals surface area contributed by atoms with E-state index < -0.39 is 24.3 Å². The molecule has 0 radical (unpaired) electrons. The van der Waals surface area contributed by atoms with Crippen molar-refractivity contribution in [3.05, 3.63) is 30.3 Å². The molecule has 0 unspecified atom stereocenters. The minimum Gasteiger partial charge on any atom is -0.289 e. The van der Waals surface area contributed by atoms with Gasteiger partial charge in [-0.3, -0.25) is 9.59 Å². The van der Waals surface area contributed by atoms with Gasteiger partial charge < -0.3 is 0 Å². The molecular weight excluding hydrogens is 259 g/mol. The summed E-state index contributed by atoms with van der Waals surface area (Å²) in [6, 6.07) is 7.64. The van der Waals surface area contributed by atoms with E-state index in [4.69, 9.17) is 11.8 Å². The van der Waals surface area contributed by atoms with Crippen LogP contribution in [0.4, 0.5) is 18.9 Å². The van der Waals surface area contributed by atoms with Crippen molar-refractivity contribution in [2.24, 2.45) is 0 Å². The molecule has 7 heteroatoms. The molecule has 1 aromatic rings. The molecule has 3 nitrogen and oxygen atoms in total. The highest BCUT2D eigenvalue weighted by atomic mass is 35.5. The second kappa shape index (κ2) is 5.18. The minimum atomic E-state index is -5.02. The Morgan fingerprint density at radius 3 is 2.18 bits per heavy atom. The largest absolute Gasteiger partial charge is 0.450 e. The number of rotatable bonds is 3. The van der Waals surface area contributed by atoms with Crippen molar-refractivity contribution in [3.63, 3.8) is 0 Å². The Balaban J connectivity index is 2.69. The molecule has 17 heavy (non-hydrogen) atoms. The maximum absolute atomic E-state index is 11.9. The lowest BCUT2D eigenvalue weighted by Gasteiger charge is -2.13. The van der Waals surface area contributed by atoms with Crippen molar-refractivity contribution in [2.45, 2.75) is 12.6 Å². The fraction of sp³-hybridized carbons (Fsp3) is 0.200. The number of hydrogen-bond acceptors (Lipinski definition) is 2. The highest BCUT2D eigenvalue weighted by molar-refractivity contribution is 6.37. The zero-order valence-corrected chi connectivity index (χ0v) is 9.13. The number of benzene rings is 1. The molecule has 1 rings (SSSR count). The van der Waals surface area contributed by atoms with Gasteiger partial charge in [-0.1, -0.05) is 18.2 Å². The summed E-state index contributed by atoms with van der Waals surface area (Å²) in [5.41, 5.74) is 0.203. The van der Waals surface area contributed by atoms with Crippen molar-refractivity contribution in [3.8, 4) is 0 Å². The first-order chi connectivity index (χ1) is 7.82. The maximum atomic E-state index is 11.9. The van der Waals surface area contributed by atoms with E-state index in [0.29, 0.717) is 4.42 Å². The van der Waals surface area contributed by atoms with Crippen molar-refractivity contribution in [1.29, 1.82) is 0 Å². The average Bonchev–Trinajstić information content (AvgIpc) is 2.27. The van der Waals surface area contributed by atoms with E-state index in [1.54, 1.807) is 18.2 Å². The number of halogens is 4. The summed E-state index contributed by atoms with van der Waals surface area (Å²) in [6.07, 6.45) is -6.33. The van der Waals surface area contributed by atoms with Crippen LogP contribution in [0.3, 0.4) is 0 Å². The van der Waals surface area contributed by atoms with E-state index in [9.17, 15) is 22.8 Å². The number of amides is 1. The number of para-hydroxylation sites is 1. The van der Waals surface area contributed by atoms with Gasteiger partial charge >= 0.3 is 6.18 Å². The van der Waals surface area contributed by atoms with Crippen LogP contribution in [-0.2, 0) is 9.59 Å². The molecule has 0 aliphatic heterocycles. The predicted molar refractivity (Wildman–Crippen MR) is 55.5 cm³/mol. The summed E-state index contributed by atoms with van der Waals surface area (Å²) in [6.45, 7) is 0. The first-order valence-electron chi connectivity index (χ1n) is 4.46. The number of carbonyl (C=O) groups is 2. The lowest BCUT2D eigenvalue weighted by atomic mass is 10.2. The van der Waals surface area contributed by atoms with Crippen LogP contribution in [0.15, 0.2) is 30.3 Å². The van der Waals surface area contributed by atoms with Gasteiger partial charge in [-0.05, 0) is 12.1 Å². The molecule has 0 aliphatic carbocycles. The molecule has 92 valence electrons. The first kappa shape index (κ1) is 13.5. The Kier molecular flexibility index (Phi) is 4.11. The molecular formula is C10H7ClF3NO2. The number of alkyl halides is 3. The molecule has 0 atom stereocenters. The molecule has 0 aromatic heterocycles. The third-order valence-electron chi connectivity index (χ3n) is 1.83. The maximum Gasteiger partial charge on any atom is 0.450 e. The van der Waals surface area contributed by atoms with Crippen molar-refractivity contribution >= 4 is 29.2 Å². The molecule has 0 spiro atoms. The van der Waals surface area contributed by atoms with E-state index in [2.05, 4.69) is 0 Å². The Labute approximate surface area is 99.9 Å². The SMILES string of the molecule is O=C(CC(=O)C(F)(F)F)N(Cl)c1ccccc1. The number of Topliss-reactive ketones (excluding diaryl/α,β-unsaturated/α-hetero) is 1. The Bertz CT molecular complexity index is 419. The van der Waals surface area contributed by atoms with E-state index in [0.717, 1.165) is 0 Å². The van der Waals surface area contributed by atoms with Crippen LogP contribution in [0, 0.1) is 0 Å². The second-order valence-corrected chi connectivity index (χ2v) is 3.45. The van der Waals surface area contributed by atoms with E-state index in [1.165, 1.54) is 12.1 Å². The fourth-order valence-electron chi connectivity index (χ4n) is 1.01. The third kappa shape index (κ3) is 3.74. The van der Waals surface area contributed by atoms with Crippen LogP contribution in [-0.4, -0.2) is 17.9 Å². The number of carbonyl (C=O) groups excluding carboxylic acids is 2. The van der Waals surface area contributed by atoms with E-state index in [1.807, 2.05) is 0 Å². The van der Waals surface area contributed by atoms with Crippen LogP contribution in [0.1, 0.15) is 6.42 Å². The van der Waals surface area contributed by atoms with E-state index in [-0.39, 0.29) is 5.69 Å². The summed E-state index contributed by atoms with van der Waals surface area (Å²) in [5.74, 6) is -3.25. The normalized spacial score (nSPS) is 11.1. The van der Waals surface area contributed by atoms with Crippen molar-refractivity contribution in [2.75, 3.05) is 4.42 Å². The molecule has 0 heterocycles. The second-order valence-electron chi connectivity index (χ2n) is 3.11. The predicted octanol–water partition coefficient (Wildman–Crippen LogP) is 2.69. The Morgan fingerprint density at radius 1 is 1.18 bits per heavy atom. The van der Waals surface area contributed by atoms with Crippen LogP contribution in [0.25, 0.3) is 0 Å². The van der Waals surface area contributed by atoms with Crippen LogP contribution in [0.5, 0.6) is 0 Å². The van der Waals surface area contributed by atoms with Gasteiger partial charge in [0.2, 0.25) is 11.7 Å². The fourth-order valence-corrected chi connectivity index (χ4v) is 1.18. The number of hydrogen-bond donors (Lipinski definition) is 0. The molecule has 1 aromatic carbocycles. The smallest absolute Gasteiger partial charge is 0.289 e. The molecule has 0 bridgehead atoms. The third-order valence-corrected chi connectivity index (χ3v) is 2.21. The van der Waals surface area contributed by atoms with Gasteiger partial charge in [0.05, 0.1) is 12.1 Å². The zero-order chi connectivity index (χ0) is 13.1. The summed E-state index contributed by atoms with van der Waals surface area (Å²) >= 11 is 5.52. The van der Waals surface area contributed by atoms with Crippen LogP contribution < -0.4 is 4.42 Å². The monoisotopic (exact) mass is 265 g/mol. The summed E-state index contributed by atoms with van der Waals surface area (Å²) in [7, 11) is 0. The Hall–Kier alpha value is -1.56. The standard InChI is InChI=1S/C10H7ClF3NO2/c11-15(7-4-2-1-3-5-7)9(17)6-8(16)10(12,13)14/h1-5H,6H2. The lowest BCUT2D eigenvalue weighted by Crippen LogP contribution is -2.30. The summed E-state index contributed by atoms with van der Waals surface area (Å²) in [4.78, 5) is 21.9. The van der Waals surface area contributed by atoms with Crippen LogP contribution >= 0.6 is 11.8 Å². The van der Waals surface area contributed by atoms with Gasteiger partial charge in [0.1, 0.15) is 0 Å². The van der Waals surface area contributed by atoms with Crippen molar-refractivity contribution < 1.29 is 22.8 Å². The topological polar surface area (TPSA) is 37.4 Å². The van der Waals surface area contributed by atoms with Gasteiger partial charge in [-0.15, -0.1) is 0 Å². The number of nitrogens with zero attached hydrogens (tertiary/aromatic N) is 1.